The molecule has 0 unspecified atom stereocenters. The molecule has 0 spiro atoms. The Morgan fingerprint density at radius 3 is 2.89 bits per heavy atom. The largest absolute Gasteiger partial charge is 0.373 e. The van der Waals surface area contributed by atoms with Gasteiger partial charge < -0.3 is 10.2 Å². The monoisotopic (exact) mass is 249 g/mol. The normalized spacial score (nSPS) is 9.67. The molecule has 1 aromatic carbocycles. The summed E-state index contributed by atoms with van der Waals surface area (Å²) in [7, 11) is 1.80. The summed E-state index contributed by atoms with van der Waals surface area (Å²) in [4.78, 5) is 12.5. The van der Waals surface area contributed by atoms with Gasteiger partial charge in [0.2, 0.25) is 5.91 Å². The summed E-state index contributed by atoms with van der Waals surface area (Å²) >= 11 is 0. The van der Waals surface area contributed by atoms with Gasteiger partial charge in [0.05, 0.1) is 5.69 Å². The van der Waals surface area contributed by atoms with Gasteiger partial charge in [-0.15, -0.1) is 0 Å². The van der Waals surface area contributed by atoms with Crippen molar-refractivity contribution in [1.29, 1.82) is 5.26 Å². The van der Waals surface area contributed by atoms with Crippen molar-refractivity contribution in [3.05, 3.63) is 29.6 Å². The first kappa shape index (κ1) is 14.0. The molecule has 0 aliphatic carbocycles. The van der Waals surface area contributed by atoms with Gasteiger partial charge in [-0.05, 0) is 18.6 Å². The molecule has 1 aromatic rings. The van der Waals surface area contributed by atoms with Crippen molar-refractivity contribution in [3.8, 4) is 6.07 Å². The summed E-state index contributed by atoms with van der Waals surface area (Å²) in [6, 6.07) is 6.43. The van der Waals surface area contributed by atoms with Crippen molar-refractivity contribution in [2.75, 3.05) is 25.0 Å². The van der Waals surface area contributed by atoms with Gasteiger partial charge in [-0.25, -0.2) is 4.39 Å². The maximum atomic E-state index is 13.4. The van der Waals surface area contributed by atoms with Gasteiger partial charge in [0.15, 0.2) is 0 Å². The van der Waals surface area contributed by atoms with Crippen LogP contribution in [0.4, 0.5) is 10.1 Å². The molecule has 0 saturated carbocycles. The smallest absolute Gasteiger partial charge is 0.216 e. The highest BCUT2D eigenvalue weighted by atomic mass is 19.1. The van der Waals surface area contributed by atoms with Gasteiger partial charge in [0, 0.05) is 27.1 Å². The van der Waals surface area contributed by atoms with E-state index in [0.717, 1.165) is 6.42 Å². The molecule has 1 amide bonds. The second kappa shape index (κ2) is 6.60. The zero-order valence-electron chi connectivity index (χ0n) is 10.5. The van der Waals surface area contributed by atoms with E-state index in [2.05, 4.69) is 5.32 Å². The van der Waals surface area contributed by atoms with Gasteiger partial charge in [-0.1, -0.05) is 6.07 Å². The topological polar surface area (TPSA) is 56.1 Å². The van der Waals surface area contributed by atoms with Crippen LogP contribution in [0.5, 0.6) is 0 Å². The Balaban J connectivity index is 2.62. The van der Waals surface area contributed by atoms with Gasteiger partial charge in [-0.3, -0.25) is 4.79 Å². The number of carbonyl (C=O) groups is 1. The summed E-state index contributed by atoms with van der Waals surface area (Å²) < 4.78 is 13.4. The van der Waals surface area contributed by atoms with Crippen LogP contribution in [0.2, 0.25) is 0 Å². The van der Waals surface area contributed by atoms with Crippen LogP contribution in [-0.2, 0) is 4.79 Å². The van der Waals surface area contributed by atoms with E-state index >= 15 is 0 Å². The van der Waals surface area contributed by atoms with Crippen LogP contribution in [0.3, 0.4) is 0 Å². The lowest BCUT2D eigenvalue weighted by atomic mass is 10.1. The first-order valence-corrected chi connectivity index (χ1v) is 5.70. The molecule has 1 rings (SSSR count). The van der Waals surface area contributed by atoms with E-state index in [1.165, 1.54) is 13.0 Å². The molecule has 18 heavy (non-hydrogen) atoms. The predicted octanol–water partition coefficient (Wildman–Crippen LogP) is 1.66. The Kier molecular flexibility index (Phi) is 5.12. The Hall–Kier alpha value is -2.09. The molecular formula is C13H16FN3O. The van der Waals surface area contributed by atoms with E-state index in [1.54, 1.807) is 19.2 Å². The van der Waals surface area contributed by atoms with E-state index in [0.29, 0.717) is 18.8 Å². The molecule has 4 nitrogen and oxygen atoms in total. The minimum absolute atomic E-state index is 0.0551. The van der Waals surface area contributed by atoms with Crippen molar-refractivity contribution in [2.45, 2.75) is 13.3 Å². The molecule has 0 heterocycles. The molecule has 96 valence electrons. The summed E-state index contributed by atoms with van der Waals surface area (Å²) in [6.45, 7) is 2.67. The standard InChI is InChI=1S/C13H16FN3O/c1-10(18)16-7-4-8-17(2)13-6-3-5-12(14)11(13)9-15/h3,5-6H,4,7-8H2,1-2H3,(H,16,18). The minimum atomic E-state index is -0.510. The van der Waals surface area contributed by atoms with Crippen LogP contribution in [0.1, 0.15) is 18.9 Å². The van der Waals surface area contributed by atoms with Crippen molar-refractivity contribution in [3.63, 3.8) is 0 Å². The Labute approximate surface area is 106 Å². The summed E-state index contributed by atoms with van der Waals surface area (Å²) in [5.74, 6) is -0.579. The molecule has 0 saturated heterocycles. The lowest BCUT2D eigenvalue weighted by molar-refractivity contribution is -0.118. The van der Waals surface area contributed by atoms with Crippen LogP contribution in [0.15, 0.2) is 18.2 Å². The number of anilines is 1. The zero-order chi connectivity index (χ0) is 13.5. The number of carbonyl (C=O) groups excluding carboxylic acids is 1. The number of hydrogen-bond acceptors (Lipinski definition) is 3. The van der Waals surface area contributed by atoms with Gasteiger partial charge >= 0.3 is 0 Å². The average Bonchev–Trinajstić information content (AvgIpc) is 2.33. The predicted molar refractivity (Wildman–Crippen MR) is 67.7 cm³/mol. The number of benzene rings is 1. The van der Waals surface area contributed by atoms with E-state index in [9.17, 15) is 9.18 Å². The summed E-state index contributed by atoms with van der Waals surface area (Å²) in [5.41, 5.74) is 0.625. The quantitative estimate of drug-likeness (QED) is 0.807. The number of nitrogens with zero attached hydrogens (tertiary/aromatic N) is 2. The van der Waals surface area contributed by atoms with Crippen molar-refractivity contribution in [1.82, 2.24) is 5.32 Å². The number of amides is 1. The van der Waals surface area contributed by atoms with Gasteiger partial charge in [-0.2, -0.15) is 5.26 Å². The molecule has 0 atom stereocenters. The number of hydrogen-bond donors (Lipinski definition) is 1. The highest BCUT2D eigenvalue weighted by Crippen LogP contribution is 2.21. The maximum Gasteiger partial charge on any atom is 0.216 e. The lowest BCUT2D eigenvalue weighted by Crippen LogP contribution is -2.26. The first-order valence-electron chi connectivity index (χ1n) is 5.70. The minimum Gasteiger partial charge on any atom is -0.373 e. The molecular weight excluding hydrogens is 233 g/mol. The average molecular weight is 249 g/mol. The molecule has 0 aromatic heterocycles. The third kappa shape index (κ3) is 3.74. The van der Waals surface area contributed by atoms with E-state index in [4.69, 9.17) is 5.26 Å². The second-order valence-electron chi connectivity index (χ2n) is 4.00. The molecule has 0 aliphatic heterocycles. The van der Waals surface area contributed by atoms with E-state index in [1.807, 2.05) is 11.0 Å². The van der Waals surface area contributed by atoms with Crippen molar-refractivity contribution in [2.24, 2.45) is 0 Å². The fourth-order valence-corrected chi connectivity index (χ4v) is 1.64. The first-order chi connectivity index (χ1) is 8.56. The lowest BCUT2D eigenvalue weighted by Gasteiger charge is -2.20. The Bertz CT molecular complexity index is 468. The SMILES string of the molecule is CC(=O)NCCCN(C)c1cccc(F)c1C#N. The van der Waals surface area contributed by atoms with Gasteiger partial charge in [0.25, 0.3) is 0 Å². The highest BCUT2D eigenvalue weighted by molar-refractivity contribution is 5.72. The molecule has 0 bridgehead atoms. The molecule has 0 aliphatic rings. The number of nitriles is 1. The van der Waals surface area contributed by atoms with Crippen molar-refractivity contribution < 1.29 is 9.18 Å². The third-order valence-electron chi connectivity index (χ3n) is 2.56. The second-order valence-corrected chi connectivity index (χ2v) is 4.00. The fraction of sp³-hybridized carbons (Fsp3) is 0.385. The zero-order valence-corrected chi connectivity index (χ0v) is 10.5. The van der Waals surface area contributed by atoms with Crippen LogP contribution in [0.25, 0.3) is 0 Å². The number of halogens is 1. The van der Waals surface area contributed by atoms with E-state index < -0.39 is 5.82 Å². The Morgan fingerprint density at radius 2 is 2.28 bits per heavy atom. The fourth-order valence-electron chi connectivity index (χ4n) is 1.64. The summed E-state index contributed by atoms with van der Waals surface area (Å²) in [5, 5.41) is 11.6. The van der Waals surface area contributed by atoms with Crippen molar-refractivity contribution >= 4 is 11.6 Å². The number of rotatable bonds is 5. The van der Waals surface area contributed by atoms with Gasteiger partial charge in [0.1, 0.15) is 17.4 Å². The van der Waals surface area contributed by atoms with Crippen LogP contribution >= 0.6 is 0 Å². The molecule has 0 radical (unpaired) electrons. The Morgan fingerprint density at radius 1 is 1.56 bits per heavy atom. The van der Waals surface area contributed by atoms with Crippen LogP contribution in [-0.4, -0.2) is 26.0 Å². The van der Waals surface area contributed by atoms with Crippen LogP contribution in [0, 0.1) is 17.1 Å². The van der Waals surface area contributed by atoms with Crippen LogP contribution < -0.4 is 10.2 Å². The molecule has 0 fully saturated rings. The molecule has 1 N–H and O–H groups in total. The summed E-state index contributed by atoms with van der Waals surface area (Å²) in [6.07, 6.45) is 0.734. The van der Waals surface area contributed by atoms with E-state index in [-0.39, 0.29) is 11.5 Å². The number of nitrogens with one attached hydrogen (secondary N) is 1. The highest BCUT2D eigenvalue weighted by Gasteiger charge is 2.11. The molecule has 5 heteroatoms. The maximum absolute atomic E-state index is 13.4. The third-order valence-corrected chi connectivity index (χ3v) is 2.56.